The van der Waals surface area contributed by atoms with Gasteiger partial charge in [0.15, 0.2) is 5.79 Å². The number of nitro benzene ring substituents is 1. The van der Waals surface area contributed by atoms with Crippen molar-refractivity contribution in [1.29, 1.82) is 0 Å². The monoisotopic (exact) mass is 306 g/mol. The zero-order valence-corrected chi connectivity index (χ0v) is 13.1. The van der Waals surface area contributed by atoms with Gasteiger partial charge in [-0.2, -0.15) is 0 Å². The molecule has 3 rings (SSSR count). The summed E-state index contributed by atoms with van der Waals surface area (Å²) in [5.74, 6) is -0.140. The lowest BCUT2D eigenvalue weighted by molar-refractivity contribution is -0.384. The van der Waals surface area contributed by atoms with E-state index in [1.54, 1.807) is 12.1 Å². The topological polar surface area (TPSA) is 64.8 Å². The fourth-order valence-electron chi connectivity index (χ4n) is 3.60. The van der Waals surface area contributed by atoms with Gasteiger partial charge in [0, 0.05) is 25.1 Å². The molecule has 6 nitrogen and oxygen atoms in total. The van der Waals surface area contributed by atoms with Gasteiger partial charge in [0.05, 0.1) is 18.1 Å². The van der Waals surface area contributed by atoms with Crippen LogP contribution in [-0.4, -0.2) is 37.0 Å². The van der Waals surface area contributed by atoms with Crippen LogP contribution in [0.5, 0.6) is 0 Å². The maximum absolute atomic E-state index is 11.3. The Bertz CT molecular complexity index is 561. The molecule has 0 bridgehead atoms. The van der Waals surface area contributed by atoms with E-state index in [0.717, 1.165) is 37.2 Å². The van der Waals surface area contributed by atoms with Gasteiger partial charge in [-0.3, -0.25) is 10.1 Å². The van der Waals surface area contributed by atoms with Gasteiger partial charge in [0.1, 0.15) is 5.69 Å². The molecule has 0 radical (unpaired) electrons. The minimum Gasteiger partial charge on any atom is -0.366 e. The molecule has 0 unspecified atom stereocenters. The Morgan fingerprint density at radius 2 is 1.91 bits per heavy atom. The number of para-hydroxylation sites is 1. The first-order valence-electron chi connectivity index (χ1n) is 7.78. The van der Waals surface area contributed by atoms with Crippen LogP contribution in [0.15, 0.2) is 18.2 Å². The van der Waals surface area contributed by atoms with Crippen LogP contribution in [-0.2, 0) is 9.47 Å². The maximum atomic E-state index is 11.3. The van der Waals surface area contributed by atoms with Crippen LogP contribution in [0.4, 0.5) is 11.4 Å². The van der Waals surface area contributed by atoms with E-state index in [1.807, 2.05) is 19.9 Å². The van der Waals surface area contributed by atoms with Crippen LogP contribution >= 0.6 is 0 Å². The summed E-state index contributed by atoms with van der Waals surface area (Å²) in [5.41, 5.74) is 1.90. The number of hydrogen-bond donors (Lipinski definition) is 0. The summed E-state index contributed by atoms with van der Waals surface area (Å²) in [7, 11) is 0. The Hall–Kier alpha value is -1.66. The quantitative estimate of drug-likeness (QED) is 0.634. The number of hydrogen-bond acceptors (Lipinski definition) is 5. The lowest BCUT2D eigenvalue weighted by Crippen LogP contribution is -2.44. The second-order valence-electron chi connectivity index (χ2n) is 6.17. The summed E-state index contributed by atoms with van der Waals surface area (Å²) in [4.78, 5) is 13.1. The molecule has 1 aromatic rings. The van der Waals surface area contributed by atoms with Crippen molar-refractivity contribution in [2.24, 2.45) is 5.92 Å². The smallest absolute Gasteiger partial charge is 0.292 e. The van der Waals surface area contributed by atoms with Gasteiger partial charge in [-0.15, -0.1) is 0 Å². The Labute approximate surface area is 130 Å². The normalized spacial score (nSPS) is 22.0. The number of aryl methyl sites for hydroxylation is 1. The molecule has 0 spiro atoms. The zero-order valence-electron chi connectivity index (χ0n) is 13.1. The van der Waals surface area contributed by atoms with Crippen molar-refractivity contribution >= 4 is 11.4 Å². The van der Waals surface area contributed by atoms with Crippen LogP contribution < -0.4 is 4.90 Å². The van der Waals surface area contributed by atoms with Crippen molar-refractivity contribution < 1.29 is 14.4 Å². The zero-order chi connectivity index (χ0) is 15.7. The summed E-state index contributed by atoms with van der Waals surface area (Å²) in [6, 6.07) is 5.25. The highest BCUT2D eigenvalue weighted by molar-refractivity contribution is 5.67. The van der Waals surface area contributed by atoms with E-state index < -0.39 is 5.79 Å². The lowest BCUT2D eigenvalue weighted by Gasteiger charge is -2.40. The third-order valence-electron chi connectivity index (χ3n) is 4.83. The van der Waals surface area contributed by atoms with E-state index in [-0.39, 0.29) is 10.6 Å². The number of anilines is 1. The summed E-state index contributed by atoms with van der Waals surface area (Å²) in [6.07, 6.45) is 1.84. The van der Waals surface area contributed by atoms with Crippen LogP contribution in [0.1, 0.15) is 25.3 Å². The van der Waals surface area contributed by atoms with E-state index in [9.17, 15) is 10.1 Å². The van der Waals surface area contributed by atoms with Crippen LogP contribution in [0.3, 0.4) is 0 Å². The Balaban J connectivity index is 1.76. The third-order valence-corrected chi connectivity index (χ3v) is 4.83. The number of nitrogens with zero attached hydrogens (tertiary/aromatic N) is 2. The maximum Gasteiger partial charge on any atom is 0.292 e. The predicted octanol–water partition coefficient (Wildman–Crippen LogP) is 2.88. The molecule has 6 heteroatoms. The van der Waals surface area contributed by atoms with Crippen LogP contribution in [0.2, 0.25) is 0 Å². The molecule has 0 aromatic heterocycles. The standard InChI is InChI=1S/C16H22N2O4/c1-12-4-3-5-14(18(19)20)15(12)17-8-6-13(7-9-17)16(2)21-10-11-22-16/h3-5,13H,6-11H2,1-2H3. The number of piperidine rings is 1. The van der Waals surface area contributed by atoms with Crippen molar-refractivity contribution in [3.63, 3.8) is 0 Å². The molecule has 2 aliphatic heterocycles. The van der Waals surface area contributed by atoms with Crippen molar-refractivity contribution in [3.8, 4) is 0 Å². The molecule has 0 N–H and O–H groups in total. The van der Waals surface area contributed by atoms with Crippen LogP contribution in [0.25, 0.3) is 0 Å². The van der Waals surface area contributed by atoms with Crippen molar-refractivity contribution in [2.75, 3.05) is 31.2 Å². The summed E-state index contributed by atoms with van der Waals surface area (Å²) in [5, 5.41) is 11.3. The van der Waals surface area contributed by atoms with Gasteiger partial charge in [-0.25, -0.2) is 0 Å². The number of nitro groups is 1. The Morgan fingerprint density at radius 3 is 2.50 bits per heavy atom. The van der Waals surface area contributed by atoms with Gasteiger partial charge in [-0.05, 0) is 32.3 Å². The van der Waals surface area contributed by atoms with E-state index in [2.05, 4.69) is 4.90 Å². The second-order valence-corrected chi connectivity index (χ2v) is 6.17. The highest BCUT2D eigenvalue weighted by Gasteiger charge is 2.41. The van der Waals surface area contributed by atoms with Gasteiger partial charge in [-0.1, -0.05) is 12.1 Å². The van der Waals surface area contributed by atoms with Crippen molar-refractivity contribution in [2.45, 2.75) is 32.5 Å². The fourth-order valence-corrected chi connectivity index (χ4v) is 3.60. The number of benzene rings is 1. The largest absolute Gasteiger partial charge is 0.366 e. The highest BCUT2D eigenvalue weighted by atomic mass is 16.7. The number of rotatable bonds is 3. The first kappa shape index (κ1) is 15.2. The van der Waals surface area contributed by atoms with Gasteiger partial charge >= 0.3 is 0 Å². The van der Waals surface area contributed by atoms with E-state index in [0.29, 0.717) is 19.1 Å². The predicted molar refractivity (Wildman–Crippen MR) is 83.1 cm³/mol. The second kappa shape index (κ2) is 5.85. The minimum absolute atomic E-state index is 0.193. The summed E-state index contributed by atoms with van der Waals surface area (Å²) in [6.45, 7) is 6.83. The average Bonchev–Trinajstić information content (AvgIpc) is 2.95. The SMILES string of the molecule is Cc1cccc([N+](=O)[O-])c1N1CCC(C2(C)OCCO2)CC1. The van der Waals surface area contributed by atoms with Gasteiger partial charge in [0.25, 0.3) is 5.69 Å². The first-order chi connectivity index (χ1) is 10.5. The third kappa shape index (κ3) is 2.68. The molecular weight excluding hydrogens is 284 g/mol. The van der Waals surface area contributed by atoms with Gasteiger partial charge < -0.3 is 14.4 Å². The molecular formula is C16H22N2O4. The molecule has 2 saturated heterocycles. The fraction of sp³-hybridized carbons (Fsp3) is 0.625. The van der Waals surface area contributed by atoms with E-state index in [4.69, 9.17) is 9.47 Å². The molecule has 120 valence electrons. The first-order valence-corrected chi connectivity index (χ1v) is 7.78. The molecule has 1 aromatic carbocycles. The van der Waals surface area contributed by atoms with Crippen LogP contribution in [0, 0.1) is 23.0 Å². The minimum atomic E-state index is -0.482. The molecule has 0 atom stereocenters. The molecule has 2 aliphatic rings. The molecule has 2 fully saturated rings. The molecule has 0 aliphatic carbocycles. The van der Waals surface area contributed by atoms with E-state index in [1.165, 1.54) is 0 Å². The van der Waals surface area contributed by atoms with Crippen molar-refractivity contribution in [1.82, 2.24) is 0 Å². The summed E-state index contributed by atoms with van der Waals surface area (Å²) < 4.78 is 11.5. The summed E-state index contributed by atoms with van der Waals surface area (Å²) >= 11 is 0. The Kier molecular flexibility index (Phi) is 4.06. The number of ether oxygens (including phenoxy) is 2. The highest BCUT2D eigenvalue weighted by Crippen LogP contribution is 2.39. The average molecular weight is 306 g/mol. The molecule has 2 heterocycles. The van der Waals surface area contributed by atoms with E-state index >= 15 is 0 Å². The van der Waals surface area contributed by atoms with Crippen molar-refractivity contribution in [3.05, 3.63) is 33.9 Å². The molecule has 0 amide bonds. The molecule has 22 heavy (non-hydrogen) atoms. The van der Waals surface area contributed by atoms with Gasteiger partial charge in [0.2, 0.25) is 0 Å². The molecule has 0 saturated carbocycles. The lowest BCUT2D eigenvalue weighted by atomic mass is 9.88. The Morgan fingerprint density at radius 1 is 1.27 bits per heavy atom.